The Morgan fingerprint density at radius 3 is 2.80 bits per heavy atom. The van der Waals surface area contributed by atoms with Crippen LogP contribution in [-0.2, 0) is 13.6 Å². The Morgan fingerprint density at radius 2 is 2.27 bits per heavy atom. The summed E-state index contributed by atoms with van der Waals surface area (Å²) in [5.41, 5.74) is 2.93. The van der Waals surface area contributed by atoms with Gasteiger partial charge in [-0.25, -0.2) is 9.67 Å². The second-order valence-electron chi connectivity index (χ2n) is 3.32. The van der Waals surface area contributed by atoms with Crippen LogP contribution < -0.4 is 5.32 Å². The molecule has 0 saturated carbocycles. The first-order valence-electron chi connectivity index (χ1n) is 4.67. The van der Waals surface area contributed by atoms with Gasteiger partial charge in [-0.15, -0.1) is 11.3 Å². The lowest BCUT2D eigenvalue weighted by molar-refractivity contribution is 0.758. The van der Waals surface area contributed by atoms with Crippen LogP contribution in [0.5, 0.6) is 0 Å². The maximum atomic E-state index is 4.26. The van der Waals surface area contributed by atoms with Gasteiger partial charge < -0.3 is 5.32 Å². The smallest absolute Gasteiger partial charge is 0.221 e. The quantitative estimate of drug-likeness (QED) is 0.856. The molecule has 2 aromatic rings. The zero-order chi connectivity index (χ0) is 10.8. The highest BCUT2D eigenvalue weighted by Crippen LogP contribution is 2.13. The molecule has 0 fully saturated rings. The molecule has 0 aliphatic heterocycles. The number of rotatable bonds is 3. The molecule has 0 saturated heterocycles. The predicted octanol–water partition coefficient (Wildman–Crippen LogP) is 1.50. The number of hydrogen-bond donors (Lipinski definition) is 1. The summed E-state index contributed by atoms with van der Waals surface area (Å²) in [6.07, 6.45) is 0. The van der Waals surface area contributed by atoms with Crippen LogP contribution in [0.2, 0.25) is 0 Å². The molecule has 0 spiro atoms. The summed E-state index contributed by atoms with van der Waals surface area (Å²) in [5, 5.41) is 7.40. The van der Waals surface area contributed by atoms with Crippen molar-refractivity contribution < 1.29 is 0 Å². The Hall–Kier alpha value is -1.43. The molecule has 0 atom stereocenters. The second-order valence-corrected chi connectivity index (χ2v) is 4.26. The molecule has 0 unspecified atom stereocenters. The second kappa shape index (κ2) is 3.98. The topological polar surface area (TPSA) is 55.6 Å². The standard InChI is InChI=1S/C9H13N5S/c1-6-8(15-5-11-6)4-10-9-12-7(2)13-14(9)3/h5H,4H2,1-3H3,(H,10,12,13). The number of anilines is 1. The van der Waals surface area contributed by atoms with E-state index in [0.717, 1.165) is 24.0 Å². The molecular formula is C9H13N5S. The molecule has 0 aliphatic carbocycles. The van der Waals surface area contributed by atoms with Gasteiger partial charge in [-0.1, -0.05) is 0 Å². The summed E-state index contributed by atoms with van der Waals surface area (Å²) < 4.78 is 1.74. The van der Waals surface area contributed by atoms with Crippen molar-refractivity contribution in [2.24, 2.45) is 7.05 Å². The maximum Gasteiger partial charge on any atom is 0.221 e. The van der Waals surface area contributed by atoms with E-state index in [1.54, 1.807) is 16.0 Å². The van der Waals surface area contributed by atoms with Crippen LogP contribution in [0.4, 0.5) is 5.95 Å². The monoisotopic (exact) mass is 223 g/mol. The van der Waals surface area contributed by atoms with E-state index in [-0.39, 0.29) is 0 Å². The highest BCUT2D eigenvalue weighted by atomic mass is 32.1. The van der Waals surface area contributed by atoms with Gasteiger partial charge in [0.2, 0.25) is 5.95 Å². The number of thiazole rings is 1. The number of nitrogens with zero attached hydrogens (tertiary/aromatic N) is 4. The fourth-order valence-electron chi connectivity index (χ4n) is 1.32. The minimum atomic E-state index is 0.752. The maximum absolute atomic E-state index is 4.26. The van der Waals surface area contributed by atoms with Crippen LogP contribution in [0.1, 0.15) is 16.4 Å². The van der Waals surface area contributed by atoms with Gasteiger partial charge in [0.15, 0.2) is 0 Å². The molecule has 0 aromatic carbocycles. The van der Waals surface area contributed by atoms with Crippen molar-refractivity contribution in [3.8, 4) is 0 Å². The van der Waals surface area contributed by atoms with Crippen LogP contribution in [-0.4, -0.2) is 19.7 Å². The molecule has 1 N–H and O–H groups in total. The normalized spacial score (nSPS) is 10.6. The van der Waals surface area contributed by atoms with Gasteiger partial charge in [0.1, 0.15) is 5.82 Å². The number of aromatic nitrogens is 4. The Balaban J connectivity index is 2.05. The molecule has 15 heavy (non-hydrogen) atoms. The van der Waals surface area contributed by atoms with Crippen LogP contribution >= 0.6 is 11.3 Å². The largest absolute Gasteiger partial charge is 0.349 e. The van der Waals surface area contributed by atoms with E-state index in [2.05, 4.69) is 20.4 Å². The summed E-state index contributed by atoms with van der Waals surface area (Å²) in [6.45, 7) is 4.64. The Bertz CT molecular complexity index is 459. The third-order valence-corrected chi connectivity index (χ3v) is 3.06. The lowest BCUT2D eigenvalue weighted by Crippen LogP contribution is -2.05. The third-order valence-electron chi connectivity index (χ3n) is 2.12. The molecule has 80 valence electrons. The van der Waals surface area contributed by atoms with Crippen molar-refractivity contribution >= 4 is 17.3 Å². The first-order valence-corrected chi connectivity index (χ1v) is 5.55. The number of aryl methyl sites for hydroxylation is 3. The van der Waals surface area contributed by atoms with Crippen molar-refractivity contribution in [1.29, 1.82) is 0 Å². The Kier molecular flexibility index (Phi) is 2.68. The SMILES string of the molecule is Cc1nc(NCc2scnc2C)n(C)n1. The number of hydrogen-bond acceptors (Lipinski definition) is 5. The van der Waals surface area contributed by atoms with Gasteiger partial charge in [0.25, 0.3) is 0 Å². The van der Waals surface area contributed by atoms with Gasteiger partial charge in [0.05, 0.1) is 17.7 Å². The molecule has 5 nitrogen and oxygen atoms in total. The van der Waals surface area contributed by atoms with Crippen molar-refractivity contribution in [3.63, 3.8) is 0 Å². The van der Waals surface area contributed by atoms with Crippen molar-refractivity contribution in [1.82, 2.24) is 19.7 Å². The lowest BCUT2D eigenvalue weighted by atomic mass is 10.4. The fourth-order valence-corrected chi connectivity index (χ4v) is 2.04. The summed E-state index contributed by atoms with van der Waals surface area (Å²) in [5.74, 6) is 1.57. The summed E-state index contributed by atoms with van der Waals surface area (Å²) >= 11 is 1.65. The molecule has 0 aliphatic rings. The average Bonchev–Trinajstić information content (AvgIpc) is 2.70. The highest BCUT2D eigenvalue weighted by molar-refractivity contribution is 7.09. The zero-order valence-corrected chi connectivity index (χ0v) is 9.80. The average molecular weight is 223 g/mol. The van der Waals surface area contributed by atoms with Crippen LogP contribution in [0.25, 0.3) is 0 Å². The zero-order valence-electron chi connectivity index (χ0n) is 8.98. The van der Waals surface area contributed by atoms with Gasteiger partial charge >= 0.3 is 0 Å². The summed E-state index contributed by atoms with van der Waals surface area (Å²) in [4.78, 5) is 9.69. The number of nitrogens with one attached hydrogen (secondary N) is 1. The van der Waals surface area contributed by atoms with Gasteiger partial charge in [-0.3, -0.25) is 0 Å². The molecule has 0 amide bonds. The van der Waals surface area contributed by atoms with E-state index in [1.165, 1.54) is 4.88 Å². The molecule has 6 heteroatoms. The van der Waals surface area contributed by atoms with Crippen LogP contribution in [0, 0.1) is 13.8 Å². The van der Waals surface area contributed by atoms with E-state index in [1.807, 2.05) is 26.4 Å². The summed E-state index contributed by atoms with van der Waals surface area (Å²) in [7, 11) is 1.88. The van der Waals surface area contributed by atoms with Gasteiger partial charge in [-0.2, -0.15) is 10.1 Å². The molecular weight excluding hydrogens is 210 g/mol. The third kappa shape index (κ3) is 2.15. The first kappa shape index (κ1) is 10.1. The minimum Gasteiger partial charge on any atom is -0.349 e. The Labute approximate surface area is 92.2 Å². The van der Waals surface area contributed by atoms with Crippen LogP contribution in [0.3, 0.4) is 0 Å². The minimum absolute atomic E-state index is 0.752. The Morgan fingerprint density at radius 1 is 1.47 bits per heavy atom. The van der Waals surface area contributed by atoms with Crippen molar-refractivity contribution in [3.05, 3.63) is 21.9 Å². The molecule has 0 radical (unpaired) electrons. The van der Waals surface area contributed by atoms with E-state index >= 15 is 0 Å². The molecule has 0 bridgehead atoms. The predicted molar refractivity (Wildman–Crippen MR) is 59.9 cm³/mol. The van der Waals surface area contributed by atoms with Crippen molar-refractivity contribution in [2.75, 3.05) is 5.32 Å². The van der Waals surface area contributed by atoms with Crippen LogP contribution in [0.15, 0.2) is 5.51 Å². The molecule has 2 aromatic heterocycles. The molecule has 2 heterocycles. The van der Waals surface area contributed by atoms with E-state index in [0.29, 0.717) is 0 Å². The van der Waals surface area contributed by atoms with Gasteiger partial charge in [0, 0.05) is 11.9 Å². The lowest BCUT2D eigenvalue weighted by Gasteiger charge is -2.02. The molecule has 2 rings (SSSR count). The summed E-state index contributed by atoms with van der Waals surface area (Å²) in [6, 6.07) is 0. The highest BCUT2D eigenvalue weighted by Gasteiger charge is 2.05. The van der Waals surface area contributed by atoms with Gasteiger partial charge in [-0.05, 0) is 13.8 Å². The van der Waals surface area contributed by atoms with E-state index in [4.69, 9.17) is 0 Å². The first-order chi connectivity index (χ1) is 7.16. The fraction of sp³-hybridized carbons (Fsp3) is 0.444. The van der Waals surface area contributed by atoms with Crippen molar-refractivity contribution in [2.45, 2.75) is 20.4 Å². The van der Waals surface area contributed by atoms with E-state index in [9.17, 15) is 0 Å². The van der Waals surface area contributed by atoms with E-state index < -0.39 is 0 Å².